The van der Waals surface area contributed by atoms with Crippen LogP contribution in [0.3, 0.4) is 0 Å². The normalized spacial score (nSPS) is 16.1. The second-order valence-electron chi connectivity index (χ2n) is 5.15. The largest absolute Gasteiger partial charge is 0.497 e. The van der Waals surface area contributed by atoms with Crippen LogP contribution in [0, 0.1) is 5.92 Å². The second-order valence-corrected chi connectivity index (χ2v) is 5.15. The van der Waals surface area contributed by atoms with Gasteiger partial charge in [0.2, 0.25) is 0 Å². The van der Waals surface area contributed by atoms with Crippen LogP contribution >= 0.6 is 0 Å². The Labute approximate surface area is 121 Å². The lowest BCUT2D eigenvalue weighted by Crippen LogP contribution is -2.27. The molecule has 0 radical (unpaired) electrons. The number of hydrogen-bond donors (Lipinski definition) is 1. The molecule has 1 saturated carbocycles. The molecule has 1 aliphatic carbocycles. The maximum absolute atomic E-state index is 5.49. The molecule has 0 heterocycles. The van der Waals surface area contributed by atoms with Crippen LogP contribution in [0.25, 0.3) is 0 Å². The van der Waals surface area contributed by atoms with E-state index in [0.29, 0.717) is 19.3 Å². The lowest BCUT2D eigenvalue weighted by atomic mass is 10.0. The molecule has 0 saturated heterocycles. The Morgan fingerprint density at radius 1 is 1.10 bits per heavy atom. The minimum Gasteiger partial charge on any atom is -0.497 e. The average Bonchev–Trinajstić information content (AvgIpc) is 3.31. The molecule has 0 aromatic heterocycles. The van der Waals surface area contributed by atoms with Crippen molar-refractivity contribution in [2.75, 3.05) is 40.6 Å². The quantitative estimate of drug-likeness (QED) is 0.668. The minimum atomic E-state index is 0.437. The van der Waals surface area contributed by atoms with Gasteiger partial charge in [0.05, 0.1) is 26.9 Å². The van der Waals surface area contributed by atoms with Gasteiger partial charge in [0, 0.05) is 19.7 Å². The van der Waals surface area contributed by atoms with E-state index in [1.165, 1.54) is 18.4 Å². The Morgan fingerprint density at radius 2 is 1.85 bits per heavy atom. The molecule has 0 spiro atoms. The number of nitrogens with one attached hydrogen (secondary N) is 1. The van der Waals surface area contributed by atoms with Crippen LogP contribution in [-0.4, -0.2) is 40.6 Å². The first-order chi connectivity index (χ1) is 9.85. The van der Waals surface area contributed by atoms with Crippen LogP contribution in [0.15, 0.2) is 24.3 Å². The molecule has 1 N–H and O–H groups in total. The van der Waals surface area contributed by atoms with Crippen LogP contribution in [0.5, 0.6) is 5.75 Å². The van der Waals surface area contributed by atoms with E-state index in [-0.39, 0.29) is 0 Å². The summed E-state index contributed by atoms with van der Waals surface area (Å²) in [5.41, 5.74) is 1.34. The summed E-state index contributed by atoms with van der Waals surface area (Å²) >= 11 is 0. The molecule has 20 heavy (non-hydrogen) atoms. The minimum absolute atomic E-state index is 0.437. The van der Waals surface area contributed by atoms with E-state index in [1.807, 2.05) is 12.1 Å². The van der Waals surface area contributed by atoms with Crippen LogP contribution in [0.1, 0.15) is 24.4 Å². The molecule has 112 valence electrons. The highest BCUT2D eigenvalue weighted by Crippen LogP contribution is 2.41. The van der Waals surface area contributed by atoms with Crippen LogP contribution in [0.4, 0.5) is 0 Å². The molecule has 0 aliphatic heterocycles. The van der Waals surface area contributed by atoms with Crippen molar-refractivity contribution in [1.82, 2.24) is 5.32 Å². The van der Waals surface area contributed by atoms with Gasteiger partial charge in [-0.05, 0) is 36.5 Å². The van der Waals surface area contributed by atoms with Gasteiger partial charge in [0.15, 0.2) is 0 Å². The zero-order chi connectivity index (χ0) is 14.2. The molecule has 0 amide bonds. The van der Waals surface area contributed by atoms with Gasteiger partial charge in [0.25, 0.3) is 0 Å². The molecule has 0 bridgehead atoms. The molecule has 1 fully saturated rings. The van der Waals surface area contributed by atoms with Crippen molar-refractivity contribution < 1.29 is 14.2 Å². The Balaban J connectivity index is 1.78. The Hall–Kier alpha value is -1.10. The summed E-state index contributed by atoms with van der Waals surface area (Å²) in [5.74, 6) is 1.67. The van der Waals surface area contributed by atoms with E-state index >= 15 is 0 Å². The highest BCUT2D eigenvalue weighted by molar-refractivity contribution is 5.30. The number of benzene rings is 1. The van der Waals surface area contributed by atoms with Gasteiger partial charge >= 0.3 is 0 Å². The van der Waals surface area contributed by atoms with Gasteiger partial charge in [-0.25, -0.2) is 0 Å². The molecular formula is C16H25NO3. The summed E-state index contributed by atoms with van der Waals surface area (Å²) in [6, 6.07) is 8.80. The zero-order valence-electron chi connectivity index (χ0n) is 12.4. The van der Waals surface area contributed by atoms with Gasteiger partial charge in [0.1, 0.15) is 5.75 Å². The van der Waals surface area contributed by atoms with Gasteiger partial charge in [-0.15, -0.1) is 0 Å². The first kappa shape index (κ1) is 15.3. The smallest absolute Gasteiger partial charge is 0.118 e. The van der Waals surface area contributed by atoms with Crippen molar-refractivity contribution in [2.45, 2.75) is 18.9 Å². The van der Waals surface area contributed by atoms with E-state index in [1.54, 1.807) is 14.2 Å². The fraction of sp³-hybridized carbons (Fsp3) is 0.625. The van der Waals surface area contributed by atoms with Gasteiger partial charge in [-0.3, -0.25) is 0 Å². The topological polar surface area (TPSA) is 39.7 Å². The molecule has 1 unspecified atom stereocenters. The van der Waals surface area contributed by atoms with Gasteiger partial charge in [-0.2, -0.15) is 0 Å². The summed E-state index contributed by atoms with van der Waals surface area (Å²) in [5, 5.41) is 3.61. The maximum Gasteiger partial charge on any atom is 0.118 e. The van der Waals surface area contributed by atoms with E-state index in [9.17, 15) is 0 Å². The van der Waals surface area contributed by atoms with Gasteiger partial charge < -0.3 is 19.5 Å². The maximum atomic E-state index is 5.49. The lowest BCUT2D eigenvalue weighted by molar-refractivity contribution is 0.0707. The van der Waals surface area contributed by atoms with E-state index < -0.39 is 0 Å². The van der Waals surface area contributed by atoms with E-state index in [4.69, 9.17) is 14.2 Å². The third-order valence-corrected chi connectivity index (χ3v) is 3.61. The Morgan fingerprint density at radius 3 is 2.45 bits per heavy atom. The monoisotopic (exact) mass is 279 g/mol. The fourth-order valence-electron chi connectivity index (χ4n) is 2.33. The predicted molar refractivity (Wildman–Crippen MR) is 79.2 cm³/mol. The molecule has 1 aliphatic rings. The molecule has 4 heteroatoms. The van der Waals surface area contributed by atoms with Crippen molar-refractivity contribution in [1.29, 1.82) is 0 Å². The average molecular weight is 279 g/mol. The predicted octanol–water partition coefficient (Wildman–Crippen LogP) is 2.40. The molecule has 4 nitrogen and oxygen atoms in total. The third kappa shape index (κ3) is 4.78. The van der Waals surface area contributed by atoms with E-state index in [2.05, 4.69) is 17.4 Å². The van der Waals surface area contributed by atoms with Crippen molar-refractivity contribution in [3.8, 4) is 5.75 Å². The summed E-state index contributed by atoms with van der Waals surface area (Å²) < 4.78 is 15.6. The zero-order valence-corrected chi connectivity index (χ0v) is 12.4. The SMILES string of the molecule is COCCOCCNC(c1ccc(OC)cc1)C1CC1. The van der Waals surface area contributed by atoms with E-state index in [0.717, 1.165) is 24.8 Å². The van der Waals surface area contributed by atoms with Crippen molar-refractivity contribution in [3.05, 3.63) is 29.8 Å². The van der Waals surface area contributed by atoms with Crippen molar-refractivity contribution in [2.24, 2.45) is 5.92 Å². The lowest BCUT2D eigenvalue weighted by Gasteiger charge is -2.19. The molecule has 2 rings (SSSR count). The summed E-state index contributed by atoms with van der Waals surface area (Å²) in [6.45, 7) is 2.92. The summed E-state index contributed by atoms with van der Waals surface area (Å²) in [4.78, 5) is 0. The molecule has 1 aromatic rings. The first-order valence-electron chi connectivity index (χ1n) is 7.29. The first-order valence-corrected chi connectivity index (χ1v) is 7.29. The number of rotatable bonds is 10. The van der Waals surface area contributed by atoms with Gasteiger partial charge in [-0.1, -0.05) is 12.1 Å². The highest BCUT2D eigenvalue weighted by Gasteiger charge is 2.31. The Kier molecular flexibility index (Phi) is 6.30. The van der Waals surface area contributed by atoms with Crippen LogP contribution in [0.2, 0.25) is 0 Å². The fourth-order valence-corrected chi connectivity index (χ4v) is 2.33. The molecule has 1 atom stereocenters. The highest BCUT2D eigenvalue weighted by atomic mass is 16.5. The van der Waals surface area contributed by atoms with Crippen LogP contribution in [-0.2, 0) is 9.47 Å². The number of hydrogen-bond acceptors (Lipinski definition) is 4. The number of ether oxygens (including phenoxy) is 3. The second kappa shape index (κ2) is 8.25. The number of methoxy groups -OCH3 is 2. The standard InChI is InChI=1S/C16H25NO3/c1-18-11-12-20-10-9-17-16(13-3-4-13)14-5-7-15(19-2)8-6-14/h5-8,13,16-17H,3-4,9-12H2,1-2H3. The van der Waals surface area contributed by atoms with Crippen molar-refractivity contribution in [3.63, 3.8) is 0 Å². The third-order valence-electron chi connectivity index (χ3n) is 3.61. The van der Waals surface area contributed by atoms with Crippen molar-refractivity contribution >= 4 is 0 Å². The van der Waals surface area contributed by atoms with Crippen LogP contribution < -0.4 is 10.1 Å². The summed E-state index contributed by atoms with van der Waals surface area (Å²) in [6.07, 6.45) is 2.63. The molecular weight excluding hydrogens is 254 g/mol. The molecule has 1 aromatic carbocycles. The Bertz CT molecular complexity index is 376. The summed E-state index contributed by atoms with van der Waals surface area (Å²) in [7, 11) is 3.39.